The second-order valence-electron chi connectivity index (χ2n) is 8.36. The number of rotatable bonds is 4. The summed E-state index contributed by atoms with van der Waals surface area (Å²) < 4.78 is 2.86. The predicted molar refractivity (Wildman–Crippen MR) is 144 cm³/mol. The van der Waals surface area contributed by atoms with Crippen LogP contribution in [0.2, 0.25) is 0 Å². The Bertz CT molecular complexity index is 1650. The van der Waals surface area contributed by atoms with Gasteiger partial charge in [-0.3, -0.25) is 18.7 Å². The van der Waals surface area contributed by atoms with Gasteiger partial charge in [0.15, 0.2) is 4.77 Å². The van der Waals surface area contributed by atoms with E-state index in [9.17, 15) is 14.7 Å². The number of hydrogen-bond acceptors (Lipinski definition) is 5. The molecule has 7 nitrogen and oxygen atoms in total. The molecule has 0 fully saturated rings. The fourth-order valence-corrected chi connectivity index (χ4v) is 4.42. The van der Waals surface area contributed by atoms with Gasteiger partial charge in [0.1, 0.15) is 5.56 Å². The number of carbonyl (C=O) groups is 1. The van der Waals surface area contributed by atoms with Crippen molar-refractivity contribution in [3.63, 3.8) is 0 Å². The number of para-hydroxylation sites is 2. The molecule has 1 aliphatic rings. The van der Waals surface area contributed by atoms with Gasteiger partial charge >= 0.3 is 0 Å². The van der Waals surface area contributed by atoms with Gasteiger partial charge in [-0.15, -0.1) is 0 Å². The second kappa shape index (κ2) is 9.24. The zero-order chi connectivity index (χ0) is 25.4. The normalized spacial score (nSPS) is 14.4. The van der Waals surface area contributed by atoms with Gasteiger partial charge in [0, 0.05) is 0 Å². The average molecular weight is 495 g/mol. The predicted octanol–water partition coefficient (Wildman–Crippen LogP) is 5.18. The molecule has 1 aromatic heterocycles. The fraction of sp³-hybridized carbons (Fsp3) is 0.0714. The van der Waals surface area contributed by atoms with Crippen molar-refractivity contribution in [3.05, 3.63) is 117 Å². The van der Waals surface area contributed by atoms with E-state index in [0.717, 1.165) is 5.56 Å². The molecule has 0 bridgehead atoms. The second-order valence-corrected chi connectivity index (χ2v) is 8.73. The molecule has 0 atom stereocenters. The molecule has 3 aromatic carbocycles. The first-order valence-electron chi connectivity index (χ1n) is 11.3. The molecule has 0 saturated carbocycles. The van der Waals surface area contributed by atoms with Crippen molar-refractivity contribution in [1.29, 1.82) is 0 Å². The Morgan fingerprint density at radius 3 is 1.92 bits per heavy atom. The Morgan fingerprint density at radius 1 is 0.778 bits per heavy atom. The monoisotopic (exact) mass is 494 g/mol. The topological polar surface area (TPSA) is 79.8 Å². The van der Waals surface area contributed by atoms with Crippen LogP contribution in [0.15, 0.2) is 100 Å². The molecule has 178 valence electrons. The smallest absolute Gasteiger partial charge is 0.280 e. The van der Waals surface area contributed by atoms with Gasteiger partial charge in [-0.2, -0.15) is 10.1 Å². The summed E-state index contributed by atoms with van der Waals surface area (Å²) >= 11 is 5.66. The molecule has 5 rings (SSSR count). The molecule has 0 unspecified atom stereocenters. The molecule has 1 amide bonds. The number of benzene rings is 3. The molecular formula is C28H22N4O3S. The fourth-order valence-electron chi connectivity index (χ4n) is 4.04. The lowest BCUT2D eigenvalue weighted by atomic mass is 10.1. The lowest BCUT2D eigenvalue weighted by molar-refractivity contribution is -0.114. The highest BCUT2D eigenvalue weighted by atomic mass is 32.1. The van der Waals surface area contributed by atoms with E-state index in [1.807, 2.05) is 55.5 Å². The van der Waals surface area contributed by atoms with Crippen molar-refractivity contribution in [2.24, 2.45) is 5.10 Å². The van der Waals surface area contributed by atoms with Crippen LogP contribution in [0.3, 0.4) is 0 Å². The number of anilines is 1. The van der Waals surface area contributed by atoms with Crippen molar-refractivity contribution in [1.82, 2.24) is 9.13 Å². The third kappa shape index (κ3) is 3.97. The third-order valence-electron chi connectivity index (χ3n) is 5.93. The lowest BCUT2D eigenvalue weighted by Crippen LogP contribution is -2.26. The number of hydrazone groups is 1. The molecule has 0 radical (unpaired) electrons. The van der Waals surface area contributed by atoms with Crippen LogP contribution in [0.5, 0.6) is 5.88 Å². The Kier molecular flexibility index (Phi) is 5.95. The van der Waals surface area contributed by atoms with E-state index in [-0.39, 0.29) is 21.8 Å². The molecular weight excluding hydrogens is 472 g/mol. The standard InChI is InChI=1S/C28H22N4O3S/c1-18-13-15-22(16-14-18)32-27(35)23(19(2)29-32)17-24-25(33)30(20-9-5-3-6-10-20)28(36)31(26(24)34)21-11-7-4-8-12-21/h3-17,33H,1-2H3/b23-17+. The quantitative estimate of drug-likeness (QED) is 0.313. The van der Waals surface area contributed by atoms with Crippen molar-refractivity contribution in [2.45, 2.75) is 13.8 Å². The van der Waals surface area contributed by atoms with Crippen molar-refractivity contribution < 1.29 is 9.90 Å². The van der Waals surface area contributed by atoms with Crippen LogP contribution in [-0.4, -0.2) is 25.9 Å². The Morgan fingerprint density at radius 2 is 1.33 bits per heavy atom. The summed E-state index contributed by atoms with van der Waals surface area (Å²) in [4.78, 5) is 27.0. The average Bonchev–Trinajstić information content (AvgIpc) is 3.16. The van der Waals surface area contributed by atoms with E-state index < -0.39 is 11.5 Å². The van der Waals surface area contributed by atoms with Crippen LogP contribution in [0.4, 0.5) is 5.69 Å². The SMILES string of the molecule is CC1=NN(c2ccc(C)cc2)C(=O)/C1=C/c1c(O)n(-c2ccccc2)c(=S)n(-c2ccccc2)c1=O. The summed E-state index contributed by atoms with van der Waals surface area (Å²) in [5, 5.41) is 17.0. The molecule has 0 aliphatic carbocycles. The lowest BCUT2D eigenvalue weighted by Gasteiger charge is -2.17. The molecule has 2 heterocycles. The van der Waals surface area contributed by atoms with Crippen LogP contribution in [0.25, 0.3) is 17.5 Å². The molecule has 8 heteroatoms. The molecule has 1 N–H and O–H groups in total. The van der Waals surface area contributed by atoms with Crippen LogP contribution in [-0.2, 0) is 4.79 Å². The summed E-state index contributed by atoms with van der Waals surface area (Å²) in [7, 11) is 0. The van der Waals surface area contributed by atoms with E-state index in [1.54, 1.807) is 43.3 Å². The Hall–Kier alpha value is -4.56. The maximum Gasteiger partial charge on any atom is 0.280 e. The zero-order valence-corrected chi connectivity index (χ0v) is 20.4. The number of amides is 1. The van der Waals surface area contributed by atoms with E-state index in [2.05, 4.69) is 5.10 Å². The highest BCUT2D eigenvalue weighted by molar-refractivity contribution is 7.71. The van der Waals surface area contributed by atoms with Crippen LogP contribution in [0, 0.1) is 11.7 Å². The van der Waals surface area contributed by atoms with Crippen LogP contribution in [0.1, 0.15) is 18.1 Å². The number of aromatic nitrogens is 2. The highest BCUT2D eigenvalue weighted by Gasteiger charge is 2.30. The largest absolute Gasteiger partial charge is 0.494 e. The Labute approximate surface area is 212 Å². The van der Waals surface area contributed by atoms with E-state index in [0.29, 0.717) is 22.8 Å². The van der Waals surface area contributed by atoms with Crippen molar-refractivity contribution in [3.8, 4) is 17.3 Å². The molecule has 0 saturated heterocycles. The van der Waals surface area contributed by atoms with Gasteiger partial charge in [0.2, 0.25) is 5.88 Å². The maximum absolute atomic E-state index is 13.7. The first kappa shape index (κ1) is 23.2. The minimum Gasteiger partial charge on any atom is -0.494 e. The van der Waals surface area contributed by atoms with Gasteiger partial charge < -0.3 is 5.11 Å². The first-order valence-corrected chi connectivity index (χ1v) is 11.7. The van der Waals surface area contributed by atoms with Crippen LogP contribution >= 0.6 is 12.2 Å². The van der Waals surface area contributed by atoms with Gasteiger partial charge in [-0.05, 0) is 68.5 Å². The van der Waals surface area contributed by atoms with Gasteiger partial charge in [-0.25, -0.2) is 0 Å². The van der Waals surface area contributed by atoms with E-state index in [4.69, 9.17) is 12.2 Å². The summed E-state index contributed by atoms with van der Waals surface area (Å²) in [6.45, 7) is 3.65. The minimum atomic E-state index is -0.544. The summed E-state index contributed by atoms with van der Waals surface area (Å²) in [6.07, 6.45) is 1.39. The van der Waals surface area contributed by atoms with Crippen molar-refractivity contribution in [2.75, 3.05) is 5.01 Å². The van der Waals surface area contributed by atoms with Gasteiger partial charge in [0.05, 0.1) is 28.3 Å². The molecule has 36 heavy (non-hydrogen) atoms. The molecule has 0 spiro atoms. The molecule has 4 aromatic rings. The number of hydrogen-bond donors (Lipinski definition) is 1. The van der Waals surface area contributed by atoms with E-state index in [1.165, 1.54) is 20.2 Å². The van der Waals surface area contributed by atoms with Crippen LogP contribution < -0.4 is 10.6 Å². The summed E-state index contributed by atoms with van der Waals surface area (Å²) in [5.74, 6) is -0.750. The zero-order valence-electron chi connectivity index (χ0n) is 19.6. The number of carbonyl (C=O) groups excluding carboxylic acids is 1. The summed E-state index contributed by atoms with van der Waals surface area (Å²) in [6, 6.07) is 25.4. The summed E-state index contributed by atoms with van der Waals surface area (Å²) in [5.41, 5.74) is 2.81. The Balaban J connectivity index is 1.73. The van der Waals surface area contributed by atoms with Crippen molar-refractivity contribution >= 4 is 35.6 Å². The highest BCUT2D eigenvalue weighted by Crippen LogP contribution is 2.28. The first-order chi connectivity index (χ1) is 17.4. The number of aryl methyl sites for hydroxylation is 1. The minimum absolute atomic E-state index is 0.0695. The third-order valence-corrected chi connectivity index (χ3v) is 6.29. The van der Waals surface area contributed by atoms with Gasteiger partial charge in [-0.1, -0.05) is 54.1 Å². The van der Waals surface area contributed by atoms with Gasteiger partial charge in [0.25, 0.3) is 11.5 Å². The maximum atomic E-state index is 13.7. The van der Waals surface area contributed by atoms with E-state index >= 15 is 0 Å². The number of nitrogens with zero attached hydrogens (tertiary/aromatic N) is 4. The number of aromatic hydroxyl groups is 1. The molecule has 1 aliphatic heterocycles.